The molecule has 0 aromatic rings. The van der Waals surface area contributed by atoms with Crippen LogP contribution >= 0.6 is 23.2 Å². The van der Waals surface area contributed by atoms with E-state index in [1.165, 1.54) is 0 Å². The fourth-order valence-corrected chi connectivity index (χ4v) is 2.35. The van der Waals surface area contributed by atoms with Gasteiger partial charge in [-0.2, -0.15) is 15.8 Å². The third kappa shape index (κ3) is 1.86. The number of halogens is 2. The largest absolute Gasteiger partial charge is 0.632 e. The minimum Gasteiger partial charge on any atom is -0.632 e. The molecule has 1 N–H and O–H groups in total. The lowest BCUT2D eigenvalue weighted by Gasteiger charge is -2.42. The maximum absolute atomic E-state index is 11.5. The standard InChI is InChI=1S/C8H6Cl2N4O/c9-7-4(1-11)6(3-13)14(15)8(10)5(7)2-12/h4-8,14H. The van der Waals surface area contributed by atoms with Crippen molar-refractivity contribution in [2.24, 2.45) is 11.8 Å². The lowest BCUT2D eigenvalue weighted by molar-refractivity contribution is -0.891. The topological polar surface area (TPSA) is 98.9 Å². The van der Waals surface area contributed by atoms with Crippen LogP contribution in [-0.2, 0) is 0 Å². The van der Waals surface area contributed by atoms with Gasteiger partial charge in [0, 0.05) is 0 Å². The first-order chi connectivity index (χ1) is 7.08. The summed E-state index contributed by atoms with van der Waals surface area (Å²) in [6.07, 6.45) is 0. The Balaban J connectivity index is 3.07. The second-order valence-corrected chi connectivity index (χ2v) is 4.14. The van der Waals surface area contributed by atoms with Gasteiger partial charge in [-0.05, 0) is 0 Å². The third-order valence-electron chi connectivity index (χ3n) is 2.38. The first-order valence-electron chi connectivity index (χ1n) is 4.09. The molecule has 6 atom stereocenters. The predicted molar refractivity (Wildman–Crippen MR) is 51.2 cm³/mol. The van der Waals surface area contributed by atoms with Crippen LogP contribution in [0.5, 0.6) is 0 Å². The van der Waals surface area contributed by atoms with Crippen molar-refractivity contribution in [1.82, 2.24) is 0 Å². The van der Waals surface area contributed by atoms with E-state index in [1.807, 2.05) is 0 Å². The summed E-state index contributed by atoms with van der Waals surface area (Å²) in [5.41, 5.74) is -1.10. The normalized spacial score (nSPS) is 44.8. The van der Waals surface area contributed by atoms with Crippen LogP contribution in [0.4, 0.5) is 0 Å². The van der Waals surface area contributed by atoms with Crippen molar-refractivity contribution < 1.29 is 5.06 Å². The Bertz CT molecular complexity index is 368. The summed E-state index contributed by atoms with van der Waals surface area (Å²) < 4.78 is 0. The molecule has 0 radical (unpaired) electrons. The van der Waals surface area contributed by atoms with Gasteiger partial charge in [0.1, 0.15) is 17.9 Å². The number of rotatable bonds is 0. The zero-order valence-electron chi connectivity index (χ0n) is 7.39. The number of piperidine rings is 1. The molecule has 7 heteroatoms. The molecule has 78 valence electrons. The van der Waals surface area contributed by atoms with E-state index in [0.29, 0.717) is 0 Å². The zero-order valence-corrected chi connectivity index (χ0v) is 8.90. The van der Waals surface area contributed by atoms with Crippen molar-refractivity contribution in [2.45, 2.75) is 16.9 Å². The Labute approximate surface area is 96.6 Å². The van der Waals surface area contributed by atoms with Crippen molar-refractivity contribution in [3.8, 4) is 18.2 Å². The Morgan fingerprint density at radius 2 is 1.53 bits per heavy atom. The van der Waals surface area contributed by atoms with E-state index in [0.717, 1.165) is 0 Å². The van der Waals surface area contributed by atoms with Gasteiger partial charge in [0.15, 0.2) is 11.5 Å². The van der Waals surface area contributed by atoms with E-state index in [9.17, 15) is 5.21 Å². The Kier molecular flexibility index (Phi) is 3.74. The highest BCUT2D eigenvalue weighted by Gasteiger charge is 2.49. The molecule has 0 bridgehead atoms. The summed E-state index contributed by atoms with van der Waals surface area (Å²) in [5.74, 6) is -1.89. The summed E-state index contributed by atoms with van der Waals surface area (Å²) in [4.78, 5) is 0. The van der Waals surface area contributed by atoms with Crippen LogP contribution in [0, 0.1) is 51.0 Å². The molecular weight excluding hydrogens is 239 g/mol. The van der Waals surface area contributed by atoms with Crippen molar-refractivity contribution >= 4 is 23.2 Å². The van der Waals surface area contributed by atoms with Crippen LogP contribution in [0.1, 0.15) is 0 Å². The SMILES string of the molecule is N#CC1C(Cl)C(C#N)C(C#N)[NH+]([O-])C1Cl. The fraction of sp³-hybridized carbons (Fsp3) is 0.625. The average Bonchev–Trinajstić information content (AvgIpc) is 2.23. The molecule has 6 unspecified atom stereocenters. The van der Waals surface area contributed by atoms with E-state index in [2.05, 4.69) is 0 Å². The molecule has 15 heavy (non-hydrogen) atoms. The molecule has 0 aromatic carbocycles. The van der Waals surface area contributed by atoms with Crippen molar-refractivity contribution in [1.29, 1.82) is 15.8 Å². The maximum atomic E-state index is 11.5. The van der Waals surface area contributed by atoms with E-state index in [4.69, 9.17) is 39.0 Å². The summed E-state index contributed by atoms with van der Waals surface area (Å²) in [5, 5.41) is 36.3. The van der Waals surface area contributed by atoms with Gasteiger partial charge in [-0.1, -0.05) is 11.6 Å². The molecule has 1 fully saturated rings. The second kappa shape index (κ2) is 4.66. The molecule has 1 saturated heterocycles. The lowest BCUT2D eigenvalue weighted by atomic mass is 9.85. The number of quaternary nitrogens is 1. The highest BCUT2D eigenvalue weighted by Crippen LogP contribution is 2.28. The molecule has 1 rings (SSSR count). The predicted octanol–water partition coefficient (Wildman–Crippen LogP) is -0.273. The molecule has 0 amide bonds. The van der Waals surface area contributed by atoms with E-state index in [-0.39, 0.29) is 0 Å². The van der Waals surface area contributed by atoms with Crippen LogP contribution in [0.15, 0.2) is 0 Å². The van der Waals surface area contributed by atoms with Crippen molar-refractivity contribution in [3.63, 3.8) is 0 Å². The Morgan fingerprint density at radius 3 is 1.93 bits per heavy atom. The quantitative estimate of drug-likeness (QED) is 0.360. The van der Waals surface area contributed by atoms with Gasteiger partial charge >= 0.3 is 0 Å². The van der Waals surface area contributed by atoms with Gasteiger partial charge in [-0.25, -0.2) is 0 Å². The monoisotopic (exact) mass is 244 g/mol. The molecule has 5 nitrogen and oxygen atoms in total. The van der Waals surface area contributed by atoms with Gasteiger partial charge in [-0.3, -0.25) is 0 Å². The van der Waals surface area contributed by atoms with Crippen molar-refractivity contribution in [3.05, 3.63) is 5.21 Å². The molecule has 1 aliphatic heterocycles. The van der Waals surface area contributed by atoms with Gasteiger partial charge < -0.3 is 10.3 Å². The van der Waals surface area contributed by atoms with Crippen LogP contribution in [0.25, 0.3) is 0 Å². The molecular formula is C8H6Cl2N4O. The number of hydrogen-bond donors (Lipinski definition) is 1. The third-order valence-corrected chi connectivity index (χ3v) is 3.41. The number of alkyl halides is 2. The van der Waals surface area contributed by atoms with E-state index >= 15 is 0 Å². The fourth-order valence-electron chi connectivity index (χ4n) is 1.52. The Hall–Kier alpha value is -1.03. The van der Waals surface area contributed by atoms with Gasteiger partial charge in [0.05, 0.1) is 17.5 Å². The highest BCUT2D eigenvalue weighted by atomic mass is 35.5. The van der Waals surface area contributed by atoms with Crippen LogP contribution in [0.3, 0.4) is 0 Å². The minimum absolute atomic E-state index is 0.589. The summed E-state index contributed by atoms with van der Waals surface area (Å²) >= 11 is 11.6. The van der Waals surface area contributed by atoms with E-state index in [1.54, 1.807) is 18.2 Å². The molecule has 1 heterocycles. The lowest BCUT2D eigenvalue weighted by Crippen LogP contribution is -3.17. The van der Waals surface area contributed by atoms with Crippen LogP contribution in [0.2, 0.25) is 0 Å². The molecule has 0 aromatic heterocycles. The number of hydroxylamine groups is 2. The number of nitrogens with zero attached hydrogens (tertiary/aromatic N) is 3. The number of hydrogen-bond acceptors (Lipinski definition) is 4. The smallest absolute Gasteiger partial charge is 0.193 e. The van der Waals surface area contributed by atoms with Gasteiger partial charge in [0.25, 0.3) is 0 Å². The summed E-state index contributed by atoms with van der Waals surface area (Å²) in [6.45, 7) is 0. The Morgan fingerprint density at radius 1 is 1.00 bits per heavy atom. The molecule has 0 spiro atoms. The van der Waals surface area contributed by atoms with Gasteiger partial charge in [-0.15, -0.1) is 11.6 Å². The first-order valence-corrected chi connectivity index (χ1v) is 4.96. The zero-order chi connectivity index (χ0) is 11.6. The summed E-state index contributed by atoms with van der Waals surface area (Å²) in [6, 6.07) is 4.16. The number of nitriles is 3. The first kappa shape index (κ1) is 12.0. The van der Waals surface area contributed by atoms with Crippen LogP contribution < -0.4 is 5.06 Å². The molecule has 1 aliphatic rings. The number of nitrogens with one attached hydrogen (secondary N) is 1. The highest BCUT2D eigenvalue weighted by molar-refractivity contribution is 6.24. The average molecular weight is 245 g/mol. The van der Waals surface area contributed by atoms with Gasteiger partial charge in [0.2, 0.25) is 0 Å². The van der Waals surface area contributed by atoms with Crippen LogP contribution in [-0.4, -0.2) is 16.9 Å². The van der Waals surface area contributed by atoms with E-state index < -0.39 is 33.8 Å². The minimum atomic E-state index is -1.13. The maximum Gasteiger partial charge on any atom is 0.193 e. The summed E-state index contributed by atoms with van der Waals surface area (Å²) in [7, 11) is 0. The van der Waals surface area contributed by atoms with Crippen molar-refractivity contribution in [2.75, 3.05) is 0 Å². The molecule has 0 saturated carbocycles. The molecule has 0 aliphatic carbocycles. The second-order valence-electron chi connectivity index (χ2n) is 3.17.